The van der Waals surface area contributed by atoms with Crippen LogP contribution in [0.4, 0.5) is 5.95 Å². The van der Waals surface area contributed by atoms with E-state index in [4.69, 9.17) is 16.3 Å². The van der Waals surface area contributed by atoms with Crippen LogP contribution in [0.15, 0.2) is 24.3 Å². The Bertz CT molecular complexity index is 574. The summed E-state index contributed by atoms with van der Waals surface area (Å²) in [5.41, 5.74) is 0.747. The number of hydrogen-bond acceptors (Lipinski definition) is 5. The van der Waals surface area contributed by atoms with Crippen LogP contribution in [0.25, 0.3) is 11.4 Å². The van der Waals surface area contributed by atoms with E-state index in [1.54, 1.807) is 13.1 Å². The molecule has 1 N–H and O–H groups in total. The molecule has 2 rings (SSSR count). The van der Waals surface area contributed by atoms with E-state index in [1.807, 2.05) is 32.0 Å². The maximum atomic E-state index is 6.15. The first-order chi connectivity index (χ1) is 9.10. The average molecular weight is 279 g/mol. The monoisotopic (exact) mass is 278 g/mol. The summed E-state index contributed by atoms with van der Waals surface area (Å²) in [6.45, 7) is 3.83. The van der Waals surface area contributed by atoms with Crippen molar-refractivity contribution in [2.75, 3.05) is 12.4 Å². The highest BCUT2D eigenvalue weighted by Crippen LogP contribution is 2.26. The zero-order chi connectivity index (χ0) is 13.8. The van der Waals surface area contributed by atoms with Gasteiger partial charge in [-0.25, -0.2) is 0 Å². The Labute approximate surface area is 117 Å². The van der Waals surface area contributed by atoms with Gasteiger partial charge in [0.15, 0.2) is 5.82 Å². The number of rotatable bonds is 4. The van der Waals surface area contributed by atoms with Crippen molar-refractivity contribution >= 4 is 17.5 Å². The van der Waals surface area contributed by atoms with Crippen molar-refractivity contribution in [3.05, 3.63) is 29.3 Å². The molecule has 5 nitrogen and oxygen atoms in total. The lowest BCUT2D eigenvalue weighted by Gasteiger charge is -2.10. The third-order valence-electron chi connectivity index (χ3n) is 2.29. The van der Waals surface area contributed by atoms with Gasteiger partial charge in [0.25, 0.3) is 0 Å². The molecule has 0 spiro atoms. The van der Waals surface area contributed by atoms with Crippen LogP contribution in [0.3, 0.4) is 0 Å². The van der Waals surface area contributed by atoms with E-state index in [0.29, 0.717) is 16.8 Å². The van der Waals surface area contributed by atoms with Crippen LogP contribution in [-0.2, 0) is 0 Å². The molecule has 0 aliphatic heterocycles. The topological polar surface area (TPSA) is 59.9 Å². The summed E-state index contributed by atoms with van der Waals surface area (Å²) in [6.07, 6.45) is -0.00815. The summed E-state index contributed by atoms with van der Waals surface area (Å²) in [4.78, 5) is 12.7. The predicted octanol–water partition coefficient (Wildman–Crippen LogP) is 3.02. The lowest BCUT2D eigenvalue weighted by atomic mass is 10.2. The van der Waals surface area contributed by atoms with Crippen LogP contribution >= 0.6 is 11.6 Å². The Kier molecular flexibility index (Phi) is 4.16. The quantitative estimate of drug-likeness (QED) is 0.931. The summed E-state index contributed by atoms with van der Waals surface area (Å²) in [5.74, 6) is 0.932. The minimum Gasteiger partial charge on any atom is -0.461 e. The number of aromatic nitrogens is 3. The molecule has 1 aromatic heterocycles. The number of nitrogens with one attached hydrogen (secondary N) is 1. The van der Waals surface area contributed by atoms with Gasteiger partial charge in [0.05, 0.1) is 11.1 Å². The Morgan fingerprint density at radius 3 is 2.53 bits per heavy atom. The highest BCUT2D eigenvalue weighted by molar-refractivity contribution is 6.33. The van der Waals surface area contributed by atoms with Crippen molar-refractivity contribution < 1.29 is 4.74 Å². The van der Waals surface area contributed by atoms with Crippen LogP contribution in [-0.4, -0.2) is 28.1 Å². The fourth-order valence-electron chi connectivity index (χ4n) is 1.49. The van der Waals surface area contributed by atoms with Gasteiger partial charge in [0.2, 0.25) is 5.95 Å². The molecule has 100 valence electrons. The molecule has 0 aliphatic carbocycles. The molecule has 0 bridgehead atoms. The van der Waals surface area contributed by atoms with Crippen molar-refractivity contribution in [3.8, 4) is 17.4 Å². The number of halogens is 1. The lowest BCUT2D eigenvalue weighted by molar-refractivity contribution is 0.222. The van der Waals surface area contributed by atoms with Gasteiger partial charge in [-0.2, -0.15) is 15.0 Å². The molecule has 19 heavy (non-hydrogen) atoms. The van der Waals surface area contributed by atoms with Gasteiger partial charge in [-0.3, -0.25) is 0 Å². The largest absolute Gasteiger partial charge is 0.461 e. The normalized spacial score (nSPS) is 10.6. The van der Waals surface area contributed by atoms with E-state index < -0.39 is 0 Å². The van der Waals surface area contributed by atoms with E-state index in [0.717, 1.165) is 5.56 Å². The number of ether oxygens (including phenoxy) is 1. The van der Waals surface area contributed by atoms with Crippen molar-refractivity contribution in [1.82, 2.24) is 15.0 Å². The first-order valence-electron chi connectivity index (χ1n) is 5.95. The minimum atomic E-state index is -0.00815. The predicted molar refractivity (Wildman–Crippen MR) is 75.6 cm³/mol. The minimum absolute atomic E-state index is 0.00815. The SMILES string of the molecule is CNc1nc(OC(C)C)nc(-c2ccccc2Cl)n1. The van der Waals surface area contributed by atoms with Gasteiger partial charge in [-0.15, -0.1) is 0 Å². The molecular formula is C13H15ClN4O. The first-order valence-corrected chi connectivity index (χ1v) is 6.33. The fraction of sp³-hybridized carbons (Fsp3) is 0.308. The average Bonchev–Trinajstić information content (AvgIpc) is 2.38. The second-order valence-corrected chi connectivity index (χ2v) is 4.57. The van der Waals surface area contributed by atoms with Crippen molar-refractivity contribution in [1.29, 1.82) is 0 Å². The van der Waals surface area contributed by atoms with Crippen molar-refractivity contribution in [3.63, 3.8) is 0 Å². The van der Waals surface area contributed by atoms with Crippen LogP contribution in [0, 0.1) is 0 Å². The molecule has 0 atom stereocenters. The van der Waals surface area contributed by atoms with Crippen molar-refractivity contribution in [2.24, 2.45) is 0 Å². The van der Waals surface area contributed by atoms with Gasteiger partial charge in [0.1, 0.15) is 0 Å². The van der Waals surface area contributed by atoms with E-state index >= 15 is 0 Å². The number of anilines is 1. The zero-order valence-electron chi connectivity index (χ0n) is 11.0. The highest BCUT2D eigenvalue weighted by Gasteiger charge is 2.12. The number of hydrogen-bond donors (Lipinski definition) is 1. The van der Waals surface area contributed by atoms with Crippen molar-refractivity contribution in [2.45, 2.75) is 20.0 Å². The molecule has 2 aromatic rings. The van der Waals surface area contributed by atoms with Gasteiger partial charge >= 0.3 is 6.01 Å². The summed E-state index contributed by atoms with van der Waals surface area (Å²) in [6, 6.07) is 7.67. The molecule has 0 saturated carbocycles. The Hall–Kier alpha value is -1.88. The second-order valence-electron chi connectivity index (χ2n) is 4.16. The summed E-state index contributed by atoms with van der Waals surface area (Å²) in [5, 5.41) is 3.47. The third-order valence-corrected chi connectivity index (χ3v) is 2.62. The van der Waals surface area contributed by atoms with E-state index in [9.17, 15) is 0 Å². The summed E-state index contributed by atoms with van der Waals surface area (Å²) >= 11 is 6.15. The molecule has 1 aromatic carbocycles. The zero-order valence-corrected chi connectivity index (χ0v) is 11.8. The molecule has 0 radical (unpaired) electrons. The maximum absolute atomic E-state index is 6.15. The molecule has 6 heteroatoms. The summed E-state index contributed by atoms with van der Waals surface area (Å²) < 4.78 is 5.51. The van der Waals surface area contributed by atoms with Gasteiger partial charge < -0.3 is 10.1 Å². The Balaban J connectivity index is 2.48. The van der Waals surface area contributed by atoms with E-state index in [1.165, 1.54) is 0 Å². The molecule has 0 aliphatic rings. The van der Waals surface area contributed by atoms with Crippen LogP contribution in [0.2, 0.25) is 5.02 Å². The van der Waals surface area contributed by atoms with Gasteiger partial charge in [0, 0.05) is 12.6 Å². The van der Waals surface area contributed by atoms with Crippen LogP contribution < -0.4 is 10.1 Å². The summed E-state index contributed by atoms with van der Waals surface area (Å²) in [7, 11) is 1.74. The second kappa shape index (κ2) is 5.84. The fourth-order valence-corrected chi connectivity index (χ4v) is 1.72. The van der Waals surface area contributed by atoms with Gasteiger partial charge in [-0.05, 0) is 26.0 Å². The number of benzene rings is 1. The Morgan fingerprint density at radius 1 is 1.16 bits per heavy atom. The highest BCUT2D eigenvalue weighted by atomic mass is 35.5. The Morgan fingerprint density at radius 2 is 1.89 bits per heavy atom. The lowest BCUT2D eigenvalue weighted by Crippen LogP contribution is -2.11. The molecule has 1 heterocycles. The molecule has 0 fully saturated rings. The molecular weight excluding hydrogens is 264 g/mol. The van der Waals surface area contributed by atoms with E-state index in [-0.39, 0.29) is 12.1 Å². The van der Waals surface area contributed by atoms with Crippen LogP contribution in [0.1, 0.15) is 13.8 Å². The first kappa shape index (κ1) is 13.5. The molecule has 0 unspecified atom stereocenters. The number of nitrogens with zero attached hydrogens (tertiary/aromatic N) is 3. The standard InChI is InChI=1S/C13H15ClN4O/c1-8(2)19-13-17-11(16-12(15-3)18-13)9-6-4-5-7-10(9)14/h4-8H,1-3H3,(H,15,16,17,18). The maximum Gasteiger partial charge on any atom is 0.322 e. The van der Waals surface area contributed by atoms with Gasteiger partial charge in [-0.1, -0.05) is 23.7 Å². The smallest absolute Gasteiger partial charge is 0.322 e. The third kappa shape index (κ3) is 3.32. The van der Waals surface area contributed by atoms with Crippen LogP contribution in [0.5, 0.6) is 6.01 Å². The van der Waals surface area contributed by atoms with E-state index in [2.05, 4.69) is 20.3 Å². The molecule has 0 amide bonds. The molecule has 0 saturated heterocycles.